The van der Waals surface area contributed by atoms with Gasteiger partial charge in [0.05, 0.1) is 36.9 Å². The van der Waals surface area contributed by atoms with Crippen LogP contribution >= 0.6 is 0 Å². The van der Waals surface area contributed by atoms with Crippen molar-refractivity contribution in [1.29, 1.82) is 0 Å². The summed E-state index contributed by atoms with van der Waals surface area (Å²) in [6.45, 7) is 1.93. The molecule has 2 aliphatic rings. The molecule has 2 saturated heterocycles. The third kappa shape index (κ3) is 4.89. The molecule has 2 aliphatic heterocycles. The van der Waals surface area contributed by atoms with Gasteiger partial charge >= 0.3 is 0 Å². The predicted octanol–water partition coefficient (Wildman–Crippen LogP) is 4.07. The third-order valence-corrected chi connectivity index (χ3v) is 8.99. The molecule has 0 spiro atoms. The van der Waals surface area contributed by atoms with Crippen molar-refractivity contribution < 1.29 is 19.1 Å². The lowest BCUT2D eigenvalue weighted by molar-refractivity contribution is 0.0556. The number of hydrogen-bond donors (Lipinski definition) is 2. The van der Waals surface area contributed by atoms with Gasteiger partial charge in [-0.1, -0.05) is 6.07 Å². The first-order valence-electron chi connectivity index (χ1n) is 14.9. The van der Waals surface area contributed by atoms with E-state index in [4.69, 9.17) is 25.2 Å². The number of carbonyl (C=O) groups is 2. The first-order chi connectivity index (χ1) is 21.9. The molecule has 2 bridgehead atoms. The van der Waals surface area contributed by atoms with Gasteiger partial charge in [0.15, 0.2) is 11.4 Å². The Balaban J connectivity index is 1.23. The number of nitrogens with two attached hydrogens (primary N) is 1. The predicted molar refractivity (Wildman–Crippen MR) is 165 cm³/mol. The smallest absolute Gasteiger partial charge is 0.292 e. The molecule has 1 amide bonds. The number of Topliss-reactive ketones (excluding diaryl/α,β-unsaturated/α-hetero) is 1. The standard InChI is InChI=1S/C32H33N9O4/c1-17(42)27-28(20-11-22-6-7-23(12-20)40(22)32(43)30-35-16-36-39-30)38-31-24(14-37-41(31)29(27)33)19-4-8-25(34-13-19)18-5-9-26(45-3)21(10-18)15-44-2/h4-5,8-10,13-14,16,20,22-23H,6-7,11-12,15,33H2,1-3H3,(H,35,36,39)/t20-,22+,23-. The van der Waals surface area contributed by atoms with Crippen molar-refractivity contribution in [1.82, 2.24) is 39.7 Å². The van der Waals surface area contributed by atoms with Crippen molar-refractivity contribution in [3.05, 3.63) is 71.7 Å². The molecule has 1 aromatic carbocycles. The summed E-state index contributed by atoms with van der Waals surface area (Å²) in [7, 11) is 3.28. The monoisotopic (exact) mass is 607 g/mol. The fraction of sp³-hybridized carbons (Fsp3) is 0.344. The molecule has 230 valence electrons. The van der Waals surface area contributed by atoms with E-state index in [-0.39, 0.29) is 41.3 Å². The Kier molecular flexibility index (Phi) is 7.24. The van der Waals surface area contributed by atoms with Crippen LogP contribution < -0.4 is 10.5 Å². The largest absolute Gasteiger partial charge is 0.496 e. The highest BCUT2D eigenvalue weighted by atomic mass is 16.5. The number of anilines is 1. The zero-order chi connectivity index (χ0) is 31.2. The second-order valence-electron chi connectivity index (χ2n) is 11.6. The highest BCUT2D eigenvalue weighted by Crippen LogP contribution is 2.45. The number of aromatic amines is 1. The number of piperidine rings is 1. The van der Waals surface area contributed by atoms with Gasteiger partial charge in [-0.2, -0.15) is 9.61 Å². The van der Waals surface area contributed by atoms with Gasteiger partial charge in [0.2, 0.25) is 5.82 Å². The molecular formula is C32H33N9O4. The van der Waals surface area contributed by atoms with Gasteiger partial charge in [0.1, 0.15) is 17.9 Å². The molecule has 3 N–H and O–H groups in total. The number of nitrogen functional groups attached to an aromatic ring is 1. The Hall–Kier alpha value is -5.17. The summed E-state index contributed by atoms with van der Waals surface area (Å²) in [6.07, 6.45) is 8.01. The fourth-order valence-electron chi connectivity index (χ4n) is 6.99. The van der Waals surface area contributed by atoms with Crippen molar-refractivity contribution in [2.75, 3.05) is 20.0 Å². The van der Waals surface area contributed by atoms with Crippen LogP contribution in [0.1, 0.15) is 70.8 Å². The maximum absolute atomic E-state index is 13.2. The molecule has 0 saturated carbocycles. The fourth-order valence-corrected chi connectivity index (χ4v) is 6.99. The molecule has 7 rings (SSSR count). The van der Waals surface area contributed by atoms with E-state index in [1.165, 1.54) is 17.8 Å². The van der Waals surface area contributed by atoms with Crippen molar-refractivity contribution >= 4 is 23.2 Å². The van der Waals surface area contributed by atoms with Crippen molar-refractivity contribution in [2.24, 2.45) is 0 Å². The first-order valence-corrected chi connectivity index (χ1v) is 14.9. The Labute approximate surface area is 258 Å². The number of amides is 1. The molecule has 45 heavy (non-hydrogen) atoms. The van der Waals surface area contributed by atoms with Crippen molar-refractivity contribution in [2.45, 2.75) is 57.2 Å². The molecule has 4 aromatic heterocycles. The Morgan fingerprint density at radius 2 is 1.84 bits per heavy atom. The summed E-state index contributed by atoms with van der Waals surface area (Å²) in [5.74, 6) is 0.894. The number of nitrogens with one attached hydrogen (secondary N) is 1. The number of hydrogen-bond acceptors (Lipinski definition) is 10. The number of methoxy groups -OCH3 is 2. The molecule has 0 unspecified atom stereocenters. The van der Waals surface area contributed by atoms with Gasteiger partial charge in [-0.15, -0.1) is 10.2 Å². The number of ketones is 1. The number of benzene rings is 1. The van der Waals surface area contributed by atoms with Crippen LogP contribution in [0.3, 0.4) is 0 Å². The van der Waals surface area contributed by atoms with Gasteiger partial charge < -0.3 is 25.1 Å². The lowest BCUT2D eigenvalue weighted by Gasteiger charge is -2.38. The normalized spacial score (nSPS) is 19.3. The molecular weight excluding hydrogens is 574 g/mol. The highest BCUT2D eigenvalue weighted by molar-refractivity contribution is 6.00. The second kappa shape index (κ2) is 11.4. The van der Waals surface area contributed by atoms with Gasteiger partial charge in [-0.05, 0) is 56.9 Å². The van der Waals surface area contributed by atoms with E-state index in [1.54, 1.807) is 26.6 Å². The van der Waals surface area contributed by atoms with E-state index >= 15 is 0 Å². The molecule has 0 radical (unpaired) electrons. The number of carbonyl (C=O) groups excluding carboxylic acids is 2. The van der Waals surface area contributed by atoms with Gasteiger partial charge in [-0.25, -0.2) is 4.98 Å². The molecule has 13 nitrogen and oxygen atoms in total. The number of ether oxygens (including phenoxy) is 2. The number of pyridine rings is 1. The zero-order valence-electron chi connectivity index (χ0n) is 25.2. The molecule has 0 aliphatic carbocycles. The number of rotatable bonds is 8. The van der Waals surface area contributed by atoms with E-state index in [0.717, 1.165) is 46.5 Å². The summed E-state index contributed by atoms with van der Waals surface area (Å²) in [5, 5.41) is 12.2. The van der Waals surface area contributed by atoms with E-state index in [0.29, 0.717) is 36.4 Å². The van der Waals surface area contributed by atoms with Crippen LogP contribution in [-0.4, -0.2) is 77.7 Å². The van der Waals surface area contributed by atoms with Crippen molar-refractivity contribution in [3.8, 4) is 28.1 Å². The van der Waals surface area contributed by atoms with Crippen LogP contribution in [0.5, 0.6) is 5.75 Å². The average Bonchev–Trinajstić information content (AvgIpc) is 3.79. The molecule has 5 aromatic rings. The Bertz CT molecular complexity index is 1890. The van der Waals surface area contributed by atoms with Crippen LogP contribution in [0.15, 0.2) is 49.1 Å². The SMILES string of the molecule is COCc1cc(-c2ccc(-c3cnn4c(N)c(C(C)=O)c([C@H]5C[C@H]6CC[C@@H](C5)N6C(=O)c5nnc[nH]5)nc34)cn2)ccc1OC. The number of H-pyrrole nitrogens is 1. The maximum atomic E-state index is 13.2. The summed E-state index contributed by atoms with van der Waals surface area (Å²) in [5.41, 5.74) is 12.5. The van der Waals surface area contributed by atoms with Crippen LogP contribution in [0.25, 0.3) is 28.0 Å². The Morgan fingerprint density at radius 3 is 2.49 bits per heavy atom. The van der Waals surface area contributed by atoms with E-state index in [2.05, 4.69) is 20.3 Å². The average molecular weight is 608 g/mol. The quantitative estimate of drug-likeness (QED) is 0.246. The van der Waals surface area contributed by atoms with Gasteiger partial charge in [0, 0.05) is 53.6 Å². The highest BCUT2D eigenvalue weighted by Gasteiger charge is 2.45. The summed E-state index contributed by atoms with van der Waals surface area (Å²) >= 11 is 0. The third-order valence-electron chi connectivity index (χ3n) is 8.99. The summed E-state index contributed by atoms with van der Waals surface area (Å²) < 4.78 is 12.3. The minimum absolute atomic E-state index is 0.00824. The number of aromatic nitrogens is 7. The number of fused-ring (bicyclic) bond motifs is 3. The summed E-state index contributed by atoms with van der Waals surface area (Å²) in [4.78, 5) is 40.7. The molecule has 13 heteroatoms. The first kappa shape index (κ1) is 28.6. The zero-order valence-corrected chi connectivity index (χ0v) is 25.2. The van der Waals surface area contributed by atoms with Crippen molar-refractivity contribution in [3.63, 3.8) is 0 Å². The molecule has 3 atom stereocenters. The molecule has 6 heterocycles. The van der Waals surface area contributed by atoms with Gasteiger partial charge in [0.25, 0.3) is 5.91 Å². The van der Waals surface area contributed by atoms with Gasteiger partial charge in [-0.3, -0.25) is 14.6 Å². The van der Waals surface area contributed by atoms with Crippen LogP contribution in [-0.2, 0) is 11.3 Å². The lowest BCUT2D eigenvalue weighted by Crippen LogP contribution is -2.46. The minimum Gasteiger partial charge on any atom is -0.496 e. The topological polar surface area (TPSA) is 167 Å². The van der Waals surface area contributed by atoms with E-state index in [9.17, 15) is 9.59 Å². The van der Waals surface area contributed by atoms with Crippen LogP contribution in [0.2, 0.25) is 0 Å². The maximum Gasteiger partial charge on any atom is 0.292 e. The van der Waals surface area contributed by atoms with E-state index < -0.39 is 0 Å². The van der Waals surface area contributed by atoms with E-state index in [1.807, 2.05) is 35.2 Å². The van der Waals surface area contributed by atoms with Crippen LogP contribution in [0.4, 0.5) is 5.82 Å². The van der Waals surface area contributed by atoms with Crippen LogP contribution in [0, 0.1) is 0 Å². The Morgan fingerprint density at radius 1 is 1.07 bits per heavy atom. The summed E-state index contributed by atoms with van der Waals surface area (Å²) in [6, 6.07) is 9.82. The lowest BCUT2D eigenvalue weighted by atomic mass is 9.85. The minimum atomic E-state index is -0.167. The number of nitrogens with zero attached hydrogens (tertiary/aromatic N) is 7. The second-order valence-corrected chi connectivity index (χ2v) is 11.6. The molecule has 2 fully saturated rings.